The quantitative estimate of drug-likeness (QED) is 0.673. The number of anilines is 1. The van der Waals surface area contributed by atoms with Crippen molar-refractivity contribution in [2.24, 2.45) is 0 Å². The molecular weight excluding hydrogens is 312 g/mol. The van der Waals surface area contributed by atoms with E-state index in [0.717, 1.165) is 15.8 Å². The van der Waals surface area contributed by atoms with Gasteiger partial charge in [-0.25, -0.2) is 0 Å². The first-order valence-corrected chi connectivity index (χ1v) is 8.03. The highest BCUT2D eigenvalue weighted by Crippen LogP contribution is 2.23. The van der Waals surface area contributed by atoms with E-state index in [1.807, 2.05) is 35.7 Å². The van der Waals surface area contributed by atoms with E-state index in [4.69, 9.17) is 0 Å². The van der Waals surface area contributed by atoms with Crippen LogP contribution in [0.25, 0.3) is 10.9 Å². The number of benzene rings is 1. The Morgan fingerprint density at radius 3 is 2.96 bits per heavy atom. The Kier molecular flexibility index (Phi) is 4.38. The number of carbonyl (C=O) groups is 2. The van der Waals surface area contributed by atoms with Crippen LogP contribution in [0.3, 0.4) is 0 Å². The second-order valence-corrected chi connectivity index (χ2v) is 6.17. The number of fused-ring (bicyclic) bond motifs is 1. The van der Waals surface area contributed by atoms with Crippen LogP contribution < -0.4 is 10.6 Å². The van der Waals surface area contributed by atoms with Gasteiger partial charge in [-0.1, -0.05) is 6.07 Å². The number of nitrogens with zero attached hydrogens (tertiary/aromatic N) is 1. The fourth-order valence-electron chi connectivity index (χ4n) is 2.37. The van der Waals surface area contributed by atoms with E-state index in [1.165, 1.54) is 18.3 Å². The molecule has 3 N–H and O–H groups in total. The molecule has 3 rings (SSSR count). The van der Waals surface area contributed by atoms with E-state index in [0.29, 0.717) is 5.69 Å². The zero-order valence-corrected chi connectivity index (χ0v) is 13.3. The first-order valence-electron chi connectivity index (χ1n) is 7.15. The van der Waals surface area contributed by atoms with Crippen molar-refractivity contribution in [2.75, 3.05) is 5.32 Å². The molecule has 1 atom stereocenters. The molecule has 0 spiro atoms. The highest BCUT2D eigenvalue weighted by molar-refractivity contribution is 7.10. The number of rotatable bonds is 5. The number of hydrogen-bond acceptors (Lipinski definition) is 4. The first-order chi connectivity index (χ1) is 11.1. The molecule has 2 amide bonds. The van der Waals surface area contributed by atoms with Gasteiger partial charge in [-0.2, -0.15) is 5.10 Å². The minimum absolute atomic E-state index is 0.156. The highest BCUT2D eigenvalue weighted by atomic mass is 32.1. The summed E-state index contributed by atoms with van der Waals surface area (Å²) < 4.78 is 0. The van der Waals surface area contributed by atoms with Crippen LogP contribution in [0, 0.1) is 0 Å². The normalized spacial score (nSPS) is 12.0. The maximum Gasteiger partial charge on any atom is 0.226 e. The molecule has 118 valence electrons. The molecule has 7 heteroatoms. The summed E-state index contributed by atoms with van der Waals surface area (Å²) >= 11 is 1.52. The summed E-state index contributed by atoms with van der Waals surface area (Å²) in [5.74, 6) is -0.314. The summed E-state index contributed by atoms with van der Waals surface area (Å²) in [5, 5.41) is 15.4. The van der Waals surface area contributed by atoms with Gasteiger partial charge >= 0.3 is 0 Å². The summed E-state index contributed by atoms with van der Waals surface area (Å²) in [6.07, 6.45) is 1.91. The third kappa shape index (κ3) is 3.75. The molecule has 1 aromatic carbocycles. The molecule has 0 radical (unpaired) electrons. The molecule has 0 saturated heterocycles. The summed E-state index contributed by atoms with van der Waals surface area (Å²) in [6.45, 7) is 1.45. The van der Waals surface area contributed by atoms with Gasteiger partial charge in [-0.15, -0.1) is 11.3 Å². The number of H-pyrrole nitrogens is 1. The lowest BCUT2D eigenvalue weighted by Crippen LogP contribution is -2.29. The Bertz CT molecular complexity index is 826. The predicted molar refractivity (Wildman–Crippen MR) is 90.2 cm³/mol. The van der Waals surface area contributed by atoms with Crippen molar-refractivity contribution >= 4 is 39.7 Å². The van der Waals surface area contributed by atoms with Gasteiger partial charge < -0.3 is 10.6 Å². The van der Waals surface area contributed by atoms with Gasteiger partial charge in [0.25, 0.3) is 0 Å². The van der Waals surface area contributed by atoms with E-state index in [9.17, 15) is 9.59 Å². The van der Waals surface area contributed by atoms with Crippen molar-refractivity contribution in [3.8, 4) is 0 Å². The number of aromatic amines is 1. The van der Waals surface area contributed by atoms with Crippen molar-refractivity contribution in [3.05, 3.63) is 46.8 Å². The minimum Gasteiger partial charge on any atom is -0.348 e. The van der Waals surface area contributed by atoms with Gasteiger partial charge in [0.15, 0.2) is 0 Å². The second kappa shape index (κ2) is 6.62. The zero-order chi connectivity index (χ0) is 16.2. The fraction of sp³-hybridized carbons (Fsp3) is 0.188. The molecule has 0 aliphatic heterocycles. The van der Waals surface area contributed by atoms with Crippen LogP contribution in [0.2, 0.25) is 0 Å². The fourth-order valence-corrected chi connectivity index (χ4v) is 3.15. The van der Waals surface area contributed by atoms with Crippen molar-refractivity contribution in [2.45, 2.75) is 19.4 Å². The summed E-state index contributed by atoms with van der Waals surface area (Å²) in [5.41, 5.74) is 1.55. The monoisotopic (exact) mass is 328 g/mol. The van der Waals surface area contributed by atoms with Crippen molar-refractivity contribution in [1.82, 2.24) is 15.5 Å². The lowest BCUT2D eigenvalue weighted by Gasteiger charge is -2.16. The van der Waals surface area contributed by atoms with Crippen LogP contribution in [0.15, 0.2) is 41.9 Å². The Morgan fingerprint density at radius 1 is 1.35 bits per heavy atom. The predicted octanol–water partition coefficient (Wildman–Crippen LogP) is 2.83. The first kappa shape index (κ1) is 15.2. The van der Waals surface area contributed by atoms with Gasteiger partial charge in [0.1, 0.15) is 0 Å². The lowest BCUT2D eigenvalue weighted by atomic mass is 10.1. The minimum atomic E-state index is -0.316. The number of amides is 2. The zero-order valence-electron chi connectivity index (χ0n) is 12.5. The third-order valence-electron chi connectivity index (χ3n) is 3.38. The van der Waals surface area contributed by atoms with E-state index in [2.05, 4.69) is 20.8 Å². The van der Waals surface area contributed by atoms with Crippen molar-refractivity contribution in [3.63, 3.8) is 0 Å². The number of carbonyl (C=O) groups excluding carboxylic acids is 2. The average molecular weight is 328 g/mol. The third-order valence-corrected chi connectivity index (χ3v) is 4.37. The number of hydrogen-bond donors (Lipinski definition) is 3. The van der Waals surface area contributed by atoms with E-state index >= 15 is 0 Å². The van der Waals surface area contributed by atoms with Crippen LogP contribution >= 0.6 is 11.3 Å². The molecule has 6 nitrogen and oxygen atoms in total. The molecule has 2 heterocycles. The van der Waals surface area contributed by atoms with Crippen LogP contribution in [-0.2, 0) is 9.59 Å². The molecule has 2 aromatic heterocycles. The largest absolute Gasteiger partial charge is 0.348 e. The molecule has 0 aliphatic rings. The number of nitrogens with one attached hydrogen (secondary N) is 3. The maximum atomic E-state index is 12.3. The molecular formula is C16H16N4O2S. The van der Waals surface area contributed by atoms with E-state index < -0.39 is 0 Å². The van der Waals surface area contributed by atoms with E-state index in [1.54, 1.807) is 6.20 Å². The molecule has 0 fully saturated rings. The van der Waals surface area contributed by atoms with E-state index in [-0.39, 0.29) is 24.3 Å². The number of thiophene rings is 1. The lowest BCUT2D eigenvalue weighted by molar-refractivity contribution is -0.120. The standard InChI is InChI=1S/C16H16N4O2S/c1-10(21)18-14(15-3-2-6-23-15)8-16(22)19-12-5-4-11-9-17-20-13(11)7-12/h2-7,9,14H,8H2,1H3,(H,17,20)(H,18,21)(H,19,22). The SMILES string of the molecule is CC(=O)NC(CC(=O)Nc1ccc2cn[nH]c2c1)c1cccs1. The Labute approximate surface area is 136 Å². The molecule has 0 aliphatic carbocycles. The molecule has 1 unspecified atom stereocenters. The van der Waals surface area contributed by atoms with Crippen LogP contribution in [0.5, 0.6) is 0 Å². The Morgan fingerprint density at radius 2 is 2.22 bits per heavy atom. The average Bonchev–Trinajstić information content (AvgIpc) is 3.17. The smallest absolute Gasteiger partial charge is 0.226 e. The van der Waals surface area contributed by atoms with Gasteiger partial charge in [-0.05, 0) is 29.6 Å². The van der Waals surface area contributed by atoms with Crippen LogP contribution in [-0.4, -0.2) is 22.0 Å². The summed E-state index contributed by atoms with van der Waals surface area (Å²) in [6, 6.07) is 9.05. The maximum absolute atomic E-state index is 12.3. The van der Waals surface area contributed by atoms with Crippen molar-refractivity contribution < 1.29 is 9.59 Å². The summed E-state index contributed by atoms with van der Waals surface area (Å²) in [7, 11) is 0. The van der Waals surface area contributed by atoms with Crippen LogP contribution in [0.1, 0.15) is 24.3 Å². The van der Waals surface area contributed by atoms with Gasteiger partial charge in [0, 0.05) is 22.9 Å². The Balaban J connectivity index is 1.69. The molecule has 23 heavy (non-hydrogen) atoms. The van der Waals surface area contributed by atoms with Gasteiger partial charge in [0.2, 0.25) is 11.8 Å². The highest BCUT2D eigenvalue weighted by Gasteiger charge is 2.18. The molecule has 0 saturated carbocycles. The molecule has 0 bridgehead atoms. The van der Waals surface area contributed by atoms with Gasteiger partial charge in [-0.3, -0.25) is 14.7 Å². The topological polar surface area (TPSA) is 86.9 Å². The summed E-state index contributed by atoms with van der Waals surface area (Å²) in [4.78, 5) is 24.6. The van der Waals surface area contributed by atoms with Gasteiger partial charge in [0.05, 0.1) is 24.2 Å². The molecule has 3 aromatic rings. The van der Waals surface area contributed by atoms with Crippen LogP contribution in [0.4, 0.5) is 5.69 Å². The Hall–Kier alpha value is -2.67. The second-order valence-electron chi connectivity index (χ2n) is 5.19. The van der Waals surface area contributed by atoms with Crippen molar-refractivity contribution in [1.29, 1.82) is 0 Å². The number of aromatic nitrogens is 2.